The standard InChI is InChI=1S/C18H30N4OS.HI/c1-4-12-20-17(23)11-13-21-18(19-5-2)22-14-15(3)24-16-9-7-6-8-10-16;/h6-10,15H,4-5,11-14H2,1-3H3,(H,20,23)(H2,19,21,22);1H. The fraction of sp³-hybridized carbons (Fsp3) is 0.556. The molecule has 1 aromatic rings. The maximum absolute atomic E-state index is 11.6. The Labute approximate surface area is 173 Å². The number of benzene rings is 1. The van der Waals surface area contributed by atoms with E-state index in [-0.39, 0.29) is 29.9 Å². The van der Waals surface area contributed by atoms with Crippen molar-refractivity contribution in [1.29, 1.82) is 0 Å². The van der Waals surface area contributed by atoms with Crippen molar-refractivity contribution < 1.29 is 4.79 Å². The van der Waals surface area contributed by atoms with Gasteiger partial charge in [0, 0.05) is 36.2 Å². The average molecular weight is 478 g/mol. The SMILES string of the molecule is CCCNC(=O)CCNC(=NCC(C)Sc1ccccc1)NCC.I. The molecule has 142 valence electrons. The van der Waals surface area contributed by atoms with Crippen molar-refractivity contribution in [2.75, 3.05) is 26.2 Å². The predicted molar refractivity (Wildman–Crippen MR) is 119 cm³/mol. The van der Waals surface area contributed by atoms with Gasteiger partial charge < -0.3 is 16.0 Å². The number of hydrogen-bond acceptors (Lipinski definition) is 3. The maximum Gasteiger partial charge on any atom is 0.221 e. The topological polar surface area (TPSA) is 65.5 Å². The van der Waals surface area contributed by atoms with Gasteiger partial charge in [0.05, 0.1) is 6.54 Å². The molecule has 0 radical (unpaired) electrons. The van der Waals surface area contributed by atoms with Crippen LogP contribution in [0.3, 0.4) is 0 Å². The van der Waals surface area contributed by atoms with Crippen LogP contribution in [0.15, 0.2) is 40.2 Å². The molecule has 0 heterocycles. The Morgan fingerprint density at radius 1 is 1.12 bits per heavy atom. The van der Waals surface area contributed by atoms with Crippen LogP contribution < -0.4 is 16.0 Å². The normalized spacial score (nSPS) is 12.0. The molecule has 0 saturated carbocycles. The minimum Gasteiger partial charge on any atom is -0.357 e. The van der Waals surface area contributed by atoms with Gasteiger partial charge in [-0.05, 0) is 25.5 Å². The lowest BCUT2D eigenvalue weighted by Crippen LogP contribution is -2.39. The molecular formula is C18H31IN4OS. The van der Waals surface area contributed by atoms with Gasteiger partial charge in [0.1, 0.15) is 0 Å². The first-order valence-electron chi connectivity index (χ1n) is 8.66. The molecule has 0 saturated heterocycles. The van der Waals surface area contributed by atoms with Crippen LogP contribution in [-0.2, 0) is 4.79 Å². The second-order valence-corrected chi connectivity index (χ2v) is 7.00. The maximum atomic E-state index is 11.6. The lowest BCUT2D eigenvalue weighted by atomic mass is 10.4. The van der Waals surface area contributed by atoms with Crippen molar-refractivity contribution in [3.63, 3.8) is 0 Å². The van der Waals surface area contributed by atoms with Crippen LogP contribution in [0.25, 0.3) is 0 Å². The Hall–Kier alpha value is -0.960. The monoisotopic (exact) mass is 478 g/mol. The predicted octanol–water partition coefficient (Wildman–Crippen LogP) is 3.26. The summed E-state index contributed by atoms with van der Waals surface area (Å²) in [7, 11) is 0. The molecule has 1 amide bonds. The molecule has 0 aliphatic carbocycles. The van der Waals surface area contributed by atoms with Crippen molar-refractivity contribution in [2.24, 2.45) is 4.99 Å². The zero-order valence-corrected chi connectivity index (χ0v) is 18.5. The van der Waals surface area contributed by atoms with Crippen molar-refractivity contribution in [1.82, 2.24) is 16.0 Å². The summed E-state index contributed by atoms with van der Waals surface area (Å²) in [6.07, 6.45) is 1.42. The number of hydrogen-bond donors (Lipinski definition) is 3. The summed E-state index contributed by atoms with van der Waals surface area (Å²) in [5.41, 5.74) is 0. The molecule has 1 unspecified atom stereocenters. The zero-order chi connectivity index (χ0) is 17.6. The highest BCUT2D eigenvalue weighted by Crippen LogP contribution is 2.22. The van der Waals surface area contributed by atoms with E-state index in [2.05, 4.69) is 40.0 Å². The fourth-order valence-corrected chi connectivity index (χ4v) is 2.91. The number of nitrogens with zero attached hydrogens (tertiary/aromatic N) is 1. The molecule has 5 nitrogen and oxygen atoms in total. The Morgan fingerprint density at radius 3 is 2.48 bits per heavy atom. The summed E-state index contributed by atoms with van der Waals surface area (Å²) in [4.78, 5) is 17.5. The van der Waals surface area contributed by atoms with Gasteiger partial charge >= 0.3 is 0 Å². The van der Waals surface area contributed by atoms with Crippen LogP contribution in [0, 0.1) is 0 Å². The van der Waals surface area contributed by atoms with E-state index in [0.29, 0.717) is 18.2 Å². The summed E-state index contributed by atoms with van der Waals surface area (Å²) in [6, 6.07) is 10.4. The largest absolute Gasteiger partial charge is 0.357 e. The third kappa shape index (κ3) is 12.1. The van der Waals surface area contributed by atoms with Crippen LogP contribution in [0.2, 0.25) is 0 Å². The van der Waals surface area contributed by atoms with Gasteiger partial charge in [0.2, 0.25) is 5.91 Å². The molecule has 0 fully saturated rings. The molecule has 1 atom stereocenters. The van der Waals surface area contributed by atoms with E-state index in [1.807, 2.05) is 43.8 Å². The van der Waals surface area contributed by atoms with Crippen LogP contribution in [-0.4, -0.2) is 43.3 Å². The number of aliphatic imine (C=N–C) groups is 1. The lowest BCUT2D eigenvalue weighted by Gasteiger charge is -2.13. The van der Waals surface area contributed by atoms with E-state index in [0.717, 1.165) is 32.0 Å². The van der Waals surface area contributed by atoms with Crippen LogP contribution >= 0.6 is 35.7 Å². The van der Waals surface area contributed by atoms with Crippen molar-refractivity contribution in [3.05, 3.63) is 30.3 Å². The van der Waals surface area contributed by atoms with E-state index in [1.54, 1.807) is 0 Å². The van der Waals surface area contributed by atoms with Gasteiger partial charge in [0.25, 0.3) is 0 Å². The number of carbonyl (C=O) groups excluding carboxylic acids is 1. The Bertz CT molecular complexity index is 499. The summed E-state index contributed by atoms with van der Waals surface area (Å²) < 4.78 is 0. The van der Waals surface area contributed by atoms with E-state index in [4.69, 9.17) is 0 Å². The Kier molecular flexibility index (Phi) is 14.7. The third-order valence-electron chi connectivity index (χ3n) is 3.15. The molecule has 3 N–H and O–H groups in total. The van der Waals surface area contributed by atoms with Gasteiger partial charge in [-0.1, -0.05) is 32.0 Å². The highest BCUT2D eigenvalue weighted by atomic mass is 127. The van der Waals surface area contributed by atoms with Crippen molar-refractivity contribution >= 4 is 47.6 Å². The molecule has 0 spiro atoms. The van der Waals surface area contributed by atoms with Crippen LogP contribution in [0.1, 0.15) is 33.6 Å². The summed E-state index contributed by atoms with van der Waals surface area (Å²) in [5, 5.41) is 9.69. The summed E-state index contributed by atoms with van der Waals surface area (Å²) in [6.45, 7) is 9.09. The van der Waals surface area contributed by atoms with Crippen molar-refractivity contribution in [3.8, 4) is 0 Å². The lowest BCUT2D eigenvalue weighted by molar-refractivity contribution is -0.120. The molecule has 1 rings (SSSR count). The molecule has 0 aromatic heterocycles. The number of nitrogens with one attached hydrogen (secondary N) is 3. The second kappa shape index (κ2) is 15.3. The molecule has 0 aliphatic heterocycles. The fourth-order valence-electron chi connectivity index (χ4n) is 1.98. The first kappa shape index (κ1) is 24.0. The first-order valence-corrected chi connectivity index (χ1v) is 9.54. The molecule has 0 bridgehead atoms. The van der Waals surface area contributed by atoms with E-state index < -0.39 is 0 Å². The minimum atomic E-state index is 0. The molecular weight excluding hydrogens is 447 g/mol. The van der Waals surface area contributed by atoms with Crippen LogP contribution in [0.5, 0.6) is 0 Å². The smallest absolute Gasteiger partial charge is 0.221 e. The molecule has 1 aromatic carbocycles. The molecule has 0 aliphatic rings. The van der Waals surface area contributed by atoms with Crippen LogP contribution in [0.4, 0.5) is 0 Å². The van der Waals surface area contributed by atoms with Gasteiger partial charge in [0.15, 0.2) is 5.96 Å². The average Bonchev–Trinajstić information content (AvgIpc) is 2.58. The zero-order valence-electron chi connectivity index (χ0n) is 15.4. The Morgan fingerprint density at radius 2 is 1.84 bits per heavy atom. The van der Waals surface area contributed by atoms with E-state index in [1.165, 1.54) is 4.90 Å². The number of guanidine groups is 1. The highest BCUT2D eigenvalue weighted by Gasteiger charge is 2.05. The summed E-state index contributed by atoms with van der Waals surface area (Å²) >= 11 is 1.81. The first-order chi connectivity index (χ1) is 11.7. The number of rotatable bonds is 10. The molecule has 25 heavy (non-hydrogen) atoms. The van der Waals surface area contributed by atoms with E-state index in [9.17, 15) is 4.79 Å². The third-order valence-corrected chi connectivity index (χ3v) is 4.24. The number of carbonyl (C=O) groups is 1. The van der Waals surface area contributed by atoms with Gasteiger partial charge in [-0.15, -0.1) is 35.7 Å². The quantitative estimate of drug-likeness (QED) is 0.209. The summed E-state index contributed by atoms with van der Waals surface area (Å²) in [5.74, 6) is 0.842. The minimum absolute atomic E-state index is 0. The molecule has 7 heteroatoms. The van der Waals surface area contributed by atoms with Gasteiger partial charge in [-0.3, -0.25) is 9.79 Å². The number of thioether (sulfide) groups is 1. The van der Waals surface area contributed by atoms with Gasteiger partial charge in [-0.25, -0.2) is 0 Å². The van der Waals surface area contributed by atoms with Crippen molar-refractivity contribution in [2.45, 2.75) is 43.8 Å². The Balaban J connectivity index is 0.00000576. The van der Waals surface area contributed by atoms with Gasteiger partial charge in [-0.2, -0.15) is 0 Å². The number of amides is 1. The highest BCUT2D eigenvalue weighted by molar-refractivity contribution is 14.0. The number of halogens is 1. The van der Waals surface area contributed by atoms with E-state index >= 15 is 0 Å². The second-order valence-electron chi connectivity index (χ2n) is 5.49.